The van der Waals surface area contributed by atoms with Gasteiger partial charge >= 0.3 is 6.80 Å². The number of alkyl halides is 1. The minimum atomic E-state index is -4.27. The summed E-state index contributed by atoms with van der Waals surface area (Å²) in [6, 6.07) is 0. The third-order valence-electron chi connectivity index (χ3n) is 6.62. The topological polar surface area (TPSA) is 199 Å². The van der Waals surface area contributed by atoms with Crippen LogP contribution in [0, 0.1) is 5.92 Å². The number of rotatable bonds is 3. The van der Waals surface area contributed by atoms with Gasteiger partial charge in [-0.1, -0.05) is 26.1 Å². The normalized spacial score (nSPS) is 27.7. The molecule has 230 valence electrons. The lowest BCUT2D eigenvalue weighted by atomic mass is 10.1. The molecule has 2 unspecified atom stereocenters. The highest BCUT2D eigenvalue weighted by atomic mass is 32.7. The molecule has 0 radical (unpaired) electrons. The quantitative estimate of drug-likeness (QED) is 0.214. The highest BCUT2D eigenvalue weighted by molar-refractivity contribution is 8.44. The Kier molecular flexibility index (Phi) is 8.59. The molecule has 4 aromatic heterocycles. The molecular weight excluding hydrogens is 631 g/mol. The van der Waals surface area contributed by atoms with Crippen molar-refractivity contribution in [1.29, 1.82) is 0 Å². The first kappa shape index (κ1) is 30.1. The van der Waals surface area contributed by atoms with E-state index in [9.17, 15) is 14.2 Å². The maximum Gasteiger partial charge on any atom is 0.387 e. The van der Waals surface area contributed by atoms with Gasteiger partial charge in [0.05, 0.1) is 25.7 Å². The van der Waals surface area contributed by atoms with Crippen LogP contribution in [-0.2, 0) is 45.3 Å². The molecule has 6 rings (SSSR count). The largest absolute Gasteiger partial charge is 0.387 e. The molecular formula is C22H26FN9O8P2S. The van der Waals surface area contributed by atoms with Gasteiger partial charge in [-0.25, -0.2) is 28.9 Å². The summed E-state index contributed by atoms with van der Waals surface area (Å²) in [4.78, 5) is 48.4. The number of anilines is 1. The van der Waals surface area contributed by atoms with Crippen molar-refractivity contribution in [2.24, 2.45) is 5.92 Å². The van der Waals surface area contributed by atoms with E-state index >= 15 is 4.39 Å². The summed E-state index contributed by atoms with van der Waals surface area (Å²) in [7, 11) is -0.450. The van der Waals surface area contributed by atoms with Gasteiger partial charge in [0, 0.05) is 12.5 Å². The van der Waals surface area contributed by atoms with E-state index in [4.69, 9.17) is 22.8 Å². The molecule has 6 atom stereocenters. The average molecular weight is 658 g/mol. The first-order chi connectivity index (χ1) is 20.6. The maximum atomic E-state index is 15.9. The number of halogens is 1. The van der Waals surface area contributed by atoms with Crippen LogP contribution in [0.2, 0.25) is 0 Å². The summed E-state index contributed by atoms with van der Waals surface area (Å²) in [5.41, 5.74) is 0.183. The van der Waals surface area contributed by atoms with Crippen LogP contribution in [0.4, 0.5) is 10.3 Å². The second kappa shape index (κ2) is 12.2. The molecule has 43 heavy (non-hydrogen) atoms. The Morgan fingerprint density at radius 3 is 2.93 bits per heavy atom. The number of fused-ring (bicyclic) bond motifs is 6. The number of thiol groups is 1. The van der Waals surface area contributed by atoms with Crippen LogP contribution in [0.15, 0.2) is 23.6 Å². The Hall–Kier alpha value is -2.89. The Morgan fingerprint density at radius 1 is 1.28 bits per heavy atom. The molecule has 6 heterocycles. The Balaban J connectivity index is 1.33. The van der Waals surface area contributed by atoms with Gasteiger partial charge in [-0.3, -0.25) is 33.5 Å². The highest BCUT2D eigenvalue weighted by Crippen LogP contribution is 2.57. The third-order valence-corrected chi connectivity index (χ3v) is 8.82. The van der Waals surface area contributed by atoms with Crippen molar-refractivity contribution in [3.63, 3.8) is 0 Å². The number of ether oxygens (including phenoxy) is 1. The third kappa shape index (κ3) is 6.21. The number of nitrogens with one attached hydrogen (secondary N) is 2. The fourth-order valence-corrected chi connectivity index (χ4v) is 6.39. The molecule has 1 fully saturated rings. The predicted octanol–water partition coefficient (Wildman–Crippen LogP) is 2.28. The number of amides is 1. The van der Waals surface area contributed by atoms with E-state index in [1.807, 2.05) is 0 Å². The molecule has 0 spiro atoms. The number of aromatic amines is 1. The molecule has 1 amide bonds. The molecule has 21 heteroatoms. The van der Waals surface area contributed by atoms with Gasteiger partial charge in [0.1, 0.15) is 36.5 Å². The summed E-state index contributed by atoms with van der Waals surface area (Å²) in [5, 5.41) is 2.52. The number of carbonyl (C=O) groups is 1. The van der Waals surface area contributed by atoms with Crippen LogP contribution in [-0.4, -0.2) is 76.5 Å². The predicted molar refractivity (Wildman–Crippen MR) is 152 cm³/mol. The molecule has 1 saturated heterocycles. The number of hydrogen-bond acceptors (Lipinski definition) is 13. The molecule has 0 aromatic carbocycles. The van der Waals surface area contributed by atoms with Crippen LogP contribution >= 0.6 is 28.1 Å². The minimum Gasteiger partial charge on any atom is -0.346 e. The van der Waals surface area contributed by atoms with E-state index in [1.165, 1.54) is 23.4 Å². The van der Waals surface area contributed by atoms with E-state index in [0.717, 1.165) is 0 Å². The van der Waals surface area contributed by atoms with Gasteiger partial charge in [-0.15, -0.1) is 0 Å². The summed E-state index contributed by atoms with van der Waals surface area (Å²) in [6.07, 6.45) is -1.89. The number of H-pyrrole nitrogens is 1. The number of aromatic nitrogens is 8. The van der Waals surface area contributed by atoms with Gasteiger partial charge < -0.3 is 18.4 Å². The van der Waals surface area contributed by atoms with E-state index in [0.29, 0.717) is 23.5 Å². The highest BCUT2D eigenvalue weighted by Gasteiger charge is 2.50. The van der Waals surface area contributed by atoms with E-state index in [1.54, 1.807) is 18.4 Å². The van der Waals surface area contributed by atoms with Crippen molar-refractivity contribution >= 4 is 62.3 Å². The van der Waals surface area contributed by atoms with Crippen molar-refractivity contribution in [2.45, 2.75) is 51.6 Å². The van der Waals surface area contributed by atoms with Crippen LogP contribution in [0.1, 0.15) is 25.9 Å². The molecule has 17 nitrogen and oxygen atoms in total. The number of nitrogens with zero attached hydrogens (tertiary/aromatic N) is 7. The van der Waals surface area contributed by atoms with Gasteiger partial charge in [0.2, 0.25) is 11.9 Å². The summed E-state index contributed by atoms with van der Waals surface area (Å²) in [5.74, 6) is -0.592. The number of hydrogen-bond donors (Lipinski definition) is 3. The monoisotopic (exact) mass is 657 g/mol. The van der Waals surface area contributed by atoms with E-state index in [-0.39, 0.29) is 36.9 Å². The van der Waals surface area contributed by atoms with Gasteiger partial charge in [0.25, 0.3) is 5.56 Å². The lowest BCUT2D eigenvalue weighted by Crippen LogP contribution is -2.31. The lowest BCUT2D eigenvalue weighted by molar-refractivity contribution is -0.118. The Labute approximate surface area is 248 Å². The van der Waals surface area contributed by atoms with Crippen molar-refractivity contribution in [3.05, 3.63) is 35.0 Å². The fourth-order valence-electron chi connectivity index (χ4n) is 4.53. The Bertz CT molecular complexity index is 1770. The molecule has 2 aliphatic heterocycles. The average Bonchev–Trinajstić information content (AvgIpc) is 3.63. The number of imidazole rings is 2. The maximum absolute atomic E-state index is 15.9. The molecule has 2 N–H and O–H groups in total. The first-order valence-electron chi connectivity index (χ1n) is 13.0. The lowest BCUT2D eigenvalue weighted by Gasteiger charge is -2.24. The zero-order valence-corrected chi connectivity index (χ0v) is 25.4. The number of carbonyl (C=O) groups excluding carboxylic acids is 1. The molecule has 2 aliphatic rings. The van der Waals surface area contributed by atoms with E-state index < -0.39 is 57.8 Å². The molecule has 0 saturated carbocycles. The zero-order chi connectivity index (χ0) is 30.3. The second-order valence-corrected chi connectivity index (χ2v) is 13.5. The fraction of sp³-hybridized carbons (Fsp3) is 0.500. The smallest absolute Gasteiger partial charge is 0.346 e. The summed E-state index contributed by atoms with van der Waals surface area (Å²) < 4.78 is 60.6. The SMILES string of the molecule is CC(C)C(=O)Nc1nc2c(ncn2[C@@H]2O[C@@H]3COPOCCn4c(nc5cncnc54)COP(=O)(S)O[C@@H]2[C@H]3F)c(=O)[nH]1. The Morgan fingerprint density at radius 2 is 2.12 bits per heavy atom. The van der Waals surface area contributed by atoms with Crippen molar-refractivity contribution in [2.75, 3.05) is 18.5 Å². The van der Waals surface area contributed by atoms with Crippen LogP contribution in [0.3, 0.4) is 0 Å². The summed E-state index contributed by atoms with van der Waals surface area (Å²) in [6.45, 7) is -0.976. The van der Waals surface area contributed by atoms with Crippen molar-refractivity contribution in [3.8, 4) is 0 Å². The second-order valence-electron chi connectivity index (χ2n) is 9.86. The standard InChI is InChI=1S/C22H26FN9O8P2S/c1-10(2)19(33)29-22-28-18-15(20(34)30-22)26-9-32(18)21-16-14(23)12(39-21)6-37-41-36-4-3-31-13(7-38-42(35,43)40-16)27-11-5-24-8-25-17(11)31/h5,8-10,12,14,16,21,41H,3-4,6-7H2,1-2H3,(H,35,43)(H2,28,29,30,33,34)/t12-,14+,16-,21-,42?/m1/s1. The van der Waals surface area contributed by atoms with Crippen LogP contribution in [0.5, 0.6) is 0 Å². The van der Waals surface area contributed by atoms with Crippen molar-refractivity contribution in [1.82, 2.24) is 39.0 Å². The molecule has 0 aliphatic carbocycles. The van der Waals surface area contributed by atoms with Crippen LogP contribution in [0.25, 0.3) is 22.3 Å². The minimum absolute atomic E-state index is 0.0421. The van der Waals surface area contributed by atoms with Crippen molar-refractivity contribution < 1.29 is 36.6 Å². The summed E-state index contributed by atoms with van der Waals surface area (Å²) >= 11 is 4.10. The molecule has 4 aromatic rings. The first-order valence-corrected chi connectivity index (χ1v) is 16.5. The zero-order valence-electron chi connectivity index (χ0n) is 22.6. The molecule has 2 bridgehead atoms. The van der Waals surface area contributed by atoms with Gasteiger partial charge in [-0.2, -0.15) is 4.98 Å². The van der Waals surface area contributed by atoms with E-state index in [2.05, 4.69) is 47.5 Å². The van der Waals surface area contributed by atoms with Crippen LogP contribution < -0.4 is 10.9 Å². The van der Waals surface area contributed by atoms with Gasteiger partial charge in [-0.05, 0) is 0 Å². The van der Waals surface area contributed by atoms with Gasteiger partial charge in [0.15, 0.2) is 38.2 Å².